The van der Waals surface area contributed by atoms with Crippen LogP contribution in [0.1, 0.15) is 18.3 Å². The van der Waals surface area contributed by atoms with E-state index in [-0.39, 0.29) is 11.5 Å². The van der Waals surface area contributed by atoms with Gasteiger partial charge in [0.2, 0.25) is 0 Å². The van der Waals surface area contributed by atoms with E-state index in [0.717, 1.165) is 11.0 Å². The van der Waals surface area contributed by atoms with Gasteiger partial charge in [-0.25, -0.2) is 18.4 Å². The Morgan fingerprint density at radius 2 is 1.71 bits per heavy atom. The monoisotopic (exact) mass is 250 g/mol. The Morgan fingerprint density at radius 3 is 2.29 bits per heavy atom. The van der Waals surface area contributed by atoms with Gasteiger partial charge in [0.15, 0.2) is 9.84 Å². The van der Waals surface area contributed by atoms with E-state index in [4.69, 9.17) is 0 Å². The number of aryl methyl sites for hydroxylation is 1. The van der Waals surface area contributed by atoms with Crippen molar-refractivity contribution in [2.24, 2.45) is 0 Å². The molecule has 0 bridgehead atoms. The summed E-state index contributed by atoms with van der Waals surface area (Å²) in [4.78, 5) is 8.73. The normalized spacial score (nSPS) is 11.9. The molecule has 0 saturated heterocycles. The first-order valence-corrected chi connectivity index (χ1v) is 7.26. The Morgan fingerprint density at radius 1 is 1.12 bits per heavy atom. The second-order valence-electron chi connectivity index (χ2n) is 3.92. The van der Waals surface area contributed by atoms with Crippen molar-refractivity contribution in [1.29, 1.82) is 0 Å². The third-order valence-electron chi connectivity index (χ3n) is 2.64. The molecule has 1 aromatic carbocycles. The molecule has 0 radical (unpaired) electrons. The third-order valence-corrected chi connectivity index (χ3v) is 4.23. The SMILES string of the molecule is CCS(=O)(=O)Cc1nc2ccccc2nc1C. The lowest BCUT2D eigenvalue weighted by molar-refractivity contribution is 0.595. The van der Waals surface area contributed by atoms with Crippen LogP contribution in [0, 0.1) is 6.92 Å². The molecular formula is C12H14N2O2S. The zero-order valence-corrected chi connectivity index (χ0v) is 10.7. The summed E-state index contributed by atoms with van der Waals surface area (Å²) in [6.45, 7) is 3.43. The van der Waals surface area contributed by atoms with Crippen molar-refractivity contribution in [3.63, 3.8) is 0 Å². The highest BCUT2D eigenvalue weighted by Crippen LogP contribution is 2.14. The van der Waals surface area contributed by atoms with Gasteiger partial charge in [-0.15, -0.1) is 0 Å². The van der Waals surface area contributed by atoms with Gasteiger partial charge in [-0.3, -0.25) is 0 Å². The second-order valence-corrected chi connectivity index (χ2v) is 6.27. The first-order chi connectivity index (χ1) is 8.02. The third kappa shape index (κ3) is 2.61. The Balaban J connectivity index is 2.52. The van der Waals surface area contributed by atoms with Crippen molar-refractivity contribution in [2.75, 3.05) is 5.75 Å². The van der Waals surface area contributed by atoms with Gasteiger partial charge in [0.05, 0.1) is 28.2 Å². The molecule has 2 rings (SSSR count). The first kappa shape index (κ1) is 12.0. The molecule has 0 unspecified atom stereocenters. The number of fused-ring (bicyclic) bond motifs is 1. The number of hydrogen-bond donors (Lipinski definition) is 0. The highest BCUT2D eigenvalue weighted by atomic mass is 32.2. The van der Waals surface area contributed by atoms with Crippen LogP contribution < -0.4 is 0 Å². The molecule has 0 spiro atoms. The van der Waals surface area contributed by atoms with Gasteiger partial charge < -0.3 is 0 Å². The number of sulfone groups is 1. The molecule has 90 valence electrons. The van der Waals surface area contributed by atoms with Crippen molar-refractivity contribution >= 4 is 20.9 Å². The quantitative estimate of drug-likeness (QED) is 0.834. The van der Waals surface area contributed by atoms with Crippen LogP contribution in [0.25, 0.3) is 11.0 Å². The van der Waals surface area contributed by atoms with Crippen LogP contribution >= 0.6 is 0 Å². The predicted octanol–water partition coefficient (Wildman–Crippen LogP) is 1.87. The molecule has 0 atom stereocenters. The molecule has 0 aliphatic carbocycles. The predicted molar refractivity (Wildman–Crippen MR) is 67.4 cm³/mol. The Bertz CT molecular complexity index is 651. The summed E-state index contributed by atoms with van der Waals surface area (Å²) in [7, 11) is -3.07. The van der Waals surface area contributed by atoms with Gasteiger partial charge in [-0.05, 0) is 19.1 Å². The molecule has 5 heteroatoms. The zero-order chi connectivity index (χ0) is 12.5. The van der Waals surface area contributed by atoms with Gasteiger partial charge in [0.25, 0.3) is 0 Å². The van der Waals surface area contributed by atoms with Crippen molar-refractivity contribution in [2.45, 2.75) is 19.6 Å². The number of rotatable bonds is 3. The van der Waals surface area contributed by atoms with Crippen LogP contribution in [-0.2, 0) is 15.6 Å². The van der Waals surface area contributed by atoms with E-state index >= 15 is 0 Å². The average Bonchev–Trinajstić information content (AvgIpc) is 2.30. The van der Waals surface area contributed by atoms with E-state index in [2.05, 4.69) is 9.97 Å². The van der Waals surface area contributed by atoms with Crippen LogP contribution in [0.2, 0.25) is 0 Å². The van der Waals surface area contributed by atoms with Gasteiger partial charge in [0.1, 0.15) is 0 Å². The molecular weight excluding hydrogens is 236 g/mol. The van der Waals surface area contributed by atoms with Crippen molar-refractivity contribution < 1.29 is 8.42 Å². The lowest BCUT2D eigenvalue weighted by Gasteiger charge is -2.06. The summed E-state index contributed by atoms with van der Waals surface area (Å²) in [5.41, 5.74) is 2.76. The minimum absolute atomic E-state index is 0.0346. The van der Waals surface area contributed by atoms with E-state index in [1.165, 1.54) is 0 Å². The van der Waals surface area contributed by atoms with E-state index in [1.807, 2.05) is 24.3 Å². The molecule has 1 aromatic heterocycles. The average molecular weight is 250 g/mol. The minimum atomic E-state index is -3.07. The highest BCUT2D eigenvalue weighted by Gasteiger charge is 2.13. The van der Waals surface area contributed by atoms with Crippen molar-refractivity contribution in [3.8, 4) is 0 Å². The molecule has 4 nitrogen and oxygen atoms in total. The summed E-state index contributed by atoms with van der Waals surface area (Å²) in [6.07, 6.45) is 0. The van der Waals surface area contributed by atoms with Crippen LogP contribution in [0.3, 0.4) is 0 Å². The maximum atomic E-state index is 11.6. The van der Waals surface area contributed by atoms with Crippen LogP contribution in [0.15, 0.2) is 24.3 Å². The van der Waals surface area contributed by atoms with E-state index in [9.17, 15) is 8.42 Å². The number of nitrogens with zero attached hydrogens (tertiary/aromatic N) is 2. The van der Waals surface area contributed by atoms with Crippen LogP contribution in [-0.4, -0.2) is 24.1 Å². The molecule has 1 heterocycles. The van der Waals surface area contributed by atoms with Gasteiger partial charge in [-0.2, -0.15) is 0 Å². The largest absolute Gasteiger partial charge is 0.250 e. The van der Waals surface area contributed by atoms with E-state index in [1.54, 1.807) is 13.8 Å². The number of benzene rings is 1. The fraction of sp³-hybridized carbons (Fsp3) is 0.333. The van der Waals surface area contributed by atoms with Crippen LogP contribution in [0.4, 0.5) is 0 Å². The molecule has 17 heavy (non-hydrogen) atoms. The van der Waals surface area contributed by atoms with E-state index < -0.39 is 9.84 Å². The smallest absolute Gasteiger partial charge is 0.155 e. The molecule has 2 aromatic rings. The van der Waals surface area contributed by atoms with Crippen molar-refractivity contribution in [3.05, 3.63) is 35.7 Å². The molecule has 0 saturated carbocycles. The summed E-state index contributed by atoms with van der Waals surface area (Å²) < 4.78 is 23.2. The maximum absolute atomic E-state index is 11.6. The topological polar surface area (TPSA) is 59.9 Å². The Hall–Kier alpha value is -1.49. The first-order valence-electron chi connectivity index (χ1n) is 5.44. The molecule has 0 aliphatic heterocycles. The summed E-state index contributed by atoms with van der Waals surface area (Å²) in [5, 5.41) is 0. The fourth-order valence-corrected chi connectivity index (χ4v) is 2.47. The second kappa shape index (κ2) is 4.41. The standard InChI is InChI=1S/C12H14N2O2S/c1-3-17(15,16)8-12-9(2)13-10-6-4-5-7-11(10)14-12/h4-7H,3,8H2,1-2H3. The zero-order valence-electron chi connectivity index (χ0n) is 9.84. The Kier molecular flexibility index (Phi) is 3.11. The van der Waals surface area contributed by atoms with Gasteiger partial charge >= 0.3 is 0 Å². The van der Waals surface area contributed by atoms with Gasteiger partial charge in [-0.1, -0.05) is 19.1 Å². The minimum Gasteiger partial charge on any atom is -0.250 e. The number of para-hydroxylation sites is 2. The summed E-state index contributed by atoms with van der Waals surface area (Å²) >= 11 is 0. The number of hydrogen-bond acceptors (Lipinski definition) is 4. The van der Waals surface area contributed by atoms with Crippen LogP contribution in [0.5, 0.6) is 0 Å². The maximum Gasteiger partial charge on any atom is 0.155 e. The van der Waals surface area contributed by atoms with E-state index in [0.29, 0.717) is 11.4 Å². The number of aromatic nitrogens is 2. The van der Waals surface area contributed by atoms with Gasteiger partial charge in [0, 0.05) is 5.75 Å². The molecule has 0 fully saturated rings. The van der Waals surface area contributed by atoms with Crippen molar-refractivity contribution in [1.82, 2.24) is 9.97 Å². The lowest BCUT2D eigenvalue weighted by Crippen LogP contribution is -2.10. The fourth-order valence-electron chi connectivity index (χ4n) is 1.57. The summed E-state index contributed by atoms with van der Waals surface area (Å²) in [5.74, 6) is 0.0914. The highest BCUT2D eigenvalue weighted by molar-refractivity contribution is 7.90. The molecule has 0 aliphatic rings. The molecule has 0 amide bonds. The lowest BCUT2D eigenvalue weighted by atomic mass is 10.2. The summed E-state index contributed by atoms with van der Waals surface area (Å²) in [6, 6.07) is 7.46. The Labute approximate surface area is 101 Å². The molecule has 0 N–H and O–H groups in total.